The molecule has 0 fully saturated rings. The van der Waals surface area contributed by atoms with Crippen molar-refractivity contribution >= 4 is 56.5 Å². The van der Waals surface area contributed by atoms with Crippen molar-refractivity contribution < 1.29 is 41.4 Å². The Balaban J connectivity index is 0.000000299. The molecule has 0 atom stereocenters. The second kappa shape index (κ2) is 14.8. The van der Waals surface area contributed by atoms with Crippen LogP contribution in [0.15, 0.2) is 61.4 Å². The molecule has 4 aromatic rings. The summed E-state index contributed by atoms with van der Waals surface area (Å²) >= 11 is 14.4. The van der Waals surface area contributed by atoms with Crippen LogP contribution in [0.5, 0.6) is 0 Å². The Morgan fingerprint density at radius 1 is 0.946 bits per heavy atom. The molecule has 0 bridgehead atoms. The highest BCUT2D eigenvalue weighted by atomic mass is 35.5. The van der Waals surface area contributed by atoms with Crippen LogP contribution in [-0.2, 0) is 9.59 Å². The molecule has 0 amide bonds. The van der Waals surface area contributed by atoms with E-state index < -0.39 is 21.7 Å². The lowest BCUT2D eigenvalue weighted by Crippen LogP contribution is -3.00. The summed E-state index contributed by atoms with van der Waals surface area (Å²) in [7, 11) is 0. The Hall–Kier alpha value is -3.64. The molecule has 0 aliphatic rings. The van der Waals surface area contributed by atoms with Gasteiger partial charge in [0.05, 0.1) is 23.3 Å². The van der Waals surface area contributed by atoms with E-state index in [1.165, 1.54) is 10.9 Å². The zero-order valence-corrected chi connectivity index (χ0v) is 22.1. The number of aryl methyl sites for hydroxylation is 2. The van der Waals surface area contributed by atoms with Crippen LogP contribution in [0, 0.1) is 13.8 Å². The largest absolute Gasteiger partial charge is 1.00 e. The lowest BCUT2D eigenvalue weighted by atomic mass is 10.3. The topological polar surface area (TPSA) is 152 Å². The van der Waals surface area contributed by atoms with Crippen molar-refractivity contribution in [3.05, 3.63) is 84.0 Å². The Kier molecular flexibility index (Phi) is 12.6. The van der Waals surface area contributed by atoms with E-state index in [1.54, 1.807) is 55.6 Å². The van der Waals surface area contributed by atoms with Crippen molar-refractivity contribution in [3.63, 3.8) is 0 Å². The summed E-state index contributed by atoms with van der Waals surface area (Å²) in [6.45, 7) is 3.46. The minimum absolute atomic E-state index is 0. The molecule has 2 N–H and O–H groups in total. The van der Waals surface area contributed by atoms with Gasteiger partial charge < -0.3 is 17.5 Å². The molecule has 4 rings (SSSR count). The van der Waals surface area contributed by atoms with Crippen LogP contribution in [0.3, 0.4) is 0 Å². The number of carboxylic acids is 1. The quantitative estimate of drug-likeness (QED) is 0.190. The van der Waals surface area contributed by atoms with Crippen molar-refractivity contribution in [1.29, 1.82) is 0 Å². The number of aromatic amines is 1. The summed E-state index contributed by atoms with van der Waals surface area (Å²) in [5.41, 5.74) is 3.50. The third kappa shape index (κ3) is 9.39. The van der Waals surface area contributed by atoms with E-state index in [1.807, 2.05) is 18.2 Å². The maximum atomic E-state index is 11.0. The van der Waals surface area contributed by atoms with Crippen LogP contribution in [0.4, 0.5) is 0 Å². The molecule has 4 heterocycles. The molecule has 0 aromatic carbocycles. The first-order valence-electron chi connectivity index (χ1n) is 9.82. The number of nitrogens with zero attached hydrogens (tertiary/aromatic N) is 5. The van der Waals surface area contributed by atoms with E-state index in [9.17, 15) is 19.2 Å². The van der Waals surface area contributed by atoms with Gasteiger partial charge in [-0.2, -0.15) is 10.2 Å². The van der Waals surface area contributed by atoms with Gasteiger partial charge in [-0.15, -0.1) is 0 Å². The van der Waals surface area contributed by atoms with Crippen molar-refractivity contribution in [3.8, 4) is 11.4 Å². The lowest BCUT2D eigenvalue weighted by Gasteiger charge is -1.97. The first-order chi connectivity index (χ1) is 17.0. The molecule has 0 unspecified atom stereocenters. The fourth-order valence-electron chi connectivity index (χ4n) is 2.62. The third-order valence-corrected chi connectivity index (χ3v) is 4.92. The highest BCUT2D eigenvalue weighted by Crippen LogP contribution is 2.10. The predicted molar refractivity (Wildman–Crippen MR) is 130 cm³/mol. The summed E-state index contributed by atoms with van der Waals surface area (Å²) in [6, 6.07) is 7.28. The van der Waals surface area contributed by atoms with Gasteiger partial charge in [0.15, 0.2) is 0 Å². The van der Waals surface area contributed by atoms with Crippen LogP contribution >= 0.6 is 34.8 Å². The van der Waals surface area contributed by atoms with Crippen molar-refractivity contribution in [1.82, 2.24) is 24.8 Å². The van der Waals surface area contributed by atoms with E-state index >= 15 is 0 Å². The van der Waals surface area contributed by atoms with Gasteiger partial charge in [0.25, 0.3) is 10.9 Å². The Morgan fingerprint density at radius 3 is 1.95 bits per heavy atom. The summed E-state index contributed by atoms with van der Waals surface area (Å²) < 4.78 is 3.21. The minimum Gasteiger partial charge on any atom is -1.00 e. The molecule has 0 aliphatic carbocycles. The average Bonchev–Trinajstić information content (AvgIpc) is 3.44. The number of halogens is 4. The maximum absolute atomic E-state index is 11.0. The molecular formula is C22H18Cl4N6O5. The van der Waals surface area contributed by atoms with E-state index in [0.29, 0.717) is 11.3 Å². The van der Waals surface area contributed by atoms with Gasteiger partial charge in [0, 0.05) is 24.7 Å². The molecule has 0 spiro atoms. The Labute approximate surface area is 231 Å². The number of H-pyrrole nitrogens is 1. The van der Waals surface area contributed by atoms with Crippen LogP contribution in [0.2, 0.25) is 0 Å². The number of nitrogens with one attached hydrogen (secondary N) is 1. The zero-order chi connectivity index (χ0) is 26.8. The number of carbonyl (C=O) groups excluding carboxylic acids is 3. The number of carboxylic acid groups (broad SMARTS) is 1. The normalized spacial score (nSPS) is 9.54. The average molecular weight is 588 g/mol. The third-order valence-electron chi connectivity index (χ3n) is 4.28. The molecule has 4 aromatic heterocycles. The van der Waals surface area contributed by atoms with Crippen LogP contribution in [0.1, 0.15) is 32.1 Å². The number of carbonyl (C=O) groups is 4. The number of aromatic nitrogens is 6. The molecule has 15 heteroatoms. The molecule has 0 saturated carbocycles. The minimum atomic E-state index is -1.14. The number of aromatic carboxylic acids is 1. The monoisotopic (exact) mass is 586 g/mol. The van der Waals surface area contributed by atoms with Crippen molar-refractivity contribution in [2.75, 3.05) is 0 Å². The first-order valence-corrected chi connectivity index (χ1v) is 10.9. The number of rotatable bonds is 5. The highest BCUT2D eigenvalue weighted by Gasteiger charge is 2.18. The summed E-state index contributed by atoms with van der Waals surface area (Å²) in [6.07, 6.45) is 9.79. The molecule has 0 radical (unpaired) electrons. The summed E-state index contributed by atoms with van der Waals surface area (Å²) in [4.78, 5) is 48.6. The maximum Gasteiger partial charge on any atom is 0.339 e. The lowest BCUT2D eigenvalue weighted by molar-refractivity contribution is -0.656. The SMILES string of the molecule is Cc1[nH][n+](-c2cccnc2)cc1C(=O)Cl.Cc1nn(-c2cccnc2)cc1C(=O)O.O=C(Cl)C(=O)Cl.[Cl-]. The van der Waals surface area contributed by atoms with Gasteiger partial charge in [0.1, 0.15) is 17.3 Å². The second-order valence-corrected chi connectivity index (χ2v) is 7.80. The zero-order valence-electron chi connectivity index (χ0n) is 19.1. The van der Waals surface area contributed by atoms with Crippen LogP contribution < -0.4 is 17.1 Å². The van der Waals surface area contributed by atoms with E-state index in [-0.39, 0.29) is 18.0 Å². The van der Waals surface area contributed by atoms with E-state index in [0.717, 1.165) is 17.1 Å². The Morgan fingerprint density at radius 2 is 1.54 bits per heavy atom. The van der Waals surface area contributed by atoms with Crippen LogP contribution in [-0.4, -0.2) is 51.7 Å². The summed E-state index contributed by atoms with van der Waals surface area (Å²) in [5, 5.41) is 13.2. The highest BCUT2D eigenvalue weighted by molar-refractivity contribution is 6.97. The standard InChI is InChI=1S/C10H8ClN3O.C10H9N3O2.C2Cl2O2.ClH/c1-7-9(10(11)15)6-14(13-7)8-3-2-4-12-5-8;1-7-9(10(14)15)6-13(12-7)8-3-2-4-11-5-8;3-1(5)2(4)6;/h2-6H,1H3;2-6H,1H3,(H,14,15);;1H. The predicted octanol–water partition coefficient (Wildman–Crippen LogP) is 0.169. The number of pyridine rings is 2. The van der Waals surface area contributed by atoms with Gasteiger partial charge in [0.2, 0.25) is 6.20 Å². The second-order valence-electron chi connectivity index (χ2n) is 6.77. The summed E-state index contributed by atoms with van der Waals surface area (Å²) in [5.74, 6) is -0.970. The molecule has 11 nitrogen and oxygen atoms in total. The molecule has 37 heavy (non-hydrogen) atoms. The molecule has 0 saturated heterocycles. The molecular weight excluding hydrogens is 570 g/mol. The van der Waals surface area contributed by atoms with Crippen LogP contribution in [0.25, 0.3) is 11.4 Å². The van der Waals surface area contributed by atoms with Gasteiger partial charge >= 0.3 is 16.5 Å². The van der Waals surface area contributed by atoms with E-state index in [4.69, 9.17) is 16.7 Å². The molecule has 194 valence electrons. The fourth-order valence-corrected chi connectivity index (χ4v) is 2.81. The van der Waals surface area contributed by atoms with Crippen molar-refractivity contribution in [2.45, 2.75) is 13.8 Å². The smallest absolute Gasteiger partial charge is 0.339 e. The number of hydrogen-bond acceptors (Lipinski definition) is 7. The van der Waals surface area contributed by atoms with Crippen molar-refractivity contribution in [2.24, 2.45) is 0 Å². The molecule has 0 aliphatic heterocycles. The fraction of sp³-hybridized carbons (Fsp3) is 0.0909. The van der Waals surface area contributed by atoms with E-state index in [2.05, 4.69) is 43.4 Å². The first kappa shape index (κ1) is 31.4. The van der Waals surface area contributed by atoms with Gasteiger partial charge in [-0.3, -0.25) is 24.4 Å². The van der Waals surface area contributed by atoms with Gasteiger partial charge in [-0.1, -0.05) is 4.68 Å². The number of hydrogen-bond donors (Lipinski definition) is 2. The van der Waals surface area contributed by atoms with Gasteiger partial charge in [-0.05, 0) is 66.8 Å². The Bertz CT molecular complexity index is 1270. The van der Waals surface area contributed by atoms with Gasteiger partial charge in [-0.25, -0.2) is 9.48 Å².